The summed E-state index contributed by atoms with van der Waals surface area (Å²) in [7, 11) is 0. The Kier molecular flexibility index (Phi) is 4.17. The third-order valence-corrected chi connectivity index (χ3v) is 4.85. The van der Waals surface area contributed by atoms with Crippen molar-refractivity contribution < 1.29 is 4.74 Å². The molecule has 3 aromatic heterocycles. The monoisotopic (exact) mass is 373 g/mol. The van der Waals surface area contributed by atoms with Crippen LogP contribution in [0.4, 0.5) is 5.95 Å². The van der Waals surface area contributed by atoms with Crippen LogP contribution in [0.3, 0.4) is 0 Å². The zero-order chi connectivity index (χ0) is 18.9. The van der Waals surface area contributed by atoms with Crippen LogP contribution in [0.2, 0.25) is 0 Å². The van der Waals surface area contributed by atoms with Crippen LogP contribution < -0.4 is 4.90 Å². The zero-order valence-corrected chi connectivity index (χ0v) is 15.5. The quantitative estimate of drug-likeness (QED) is 0.545. The van der Waals surface area contributed by atoms with Gasteiger partial charge in [0.05, 0.1) is 24.6 Å². The lowest BCUT2D eigenvalue weighted by molar-refractivity contribution is 0.122. The first-order chi connectivity index (χ1) is 13.8. The van der Waals surface area contributed by atoms with Crippen molar-refractivity contribution in [2.24, 2.45) is 0 Å². The number of ether oxygens (including phenoxy) is 1. The van der Waals surface area contributed by atoms with Gasteiger partial charge in [0.15, 0.2) is 5.82 Å². The van der Waals surface area contributed by atoms with E-state index >= 15 is 0 Å². The van der Waals surface area contributed by atoms with E-state index in [1.165, 1.54) is 0 Å². The van der Waals surface area contributed by atoms with Crippen LogP contribution in [0.25, 0.3) is 28.4 Å². The van der Waals surface area contributed by atoms with Crippen molar-refractivity contribution in [3.8, 4) is 22.6 Å². The molecule has 28 heavy (non-hydrogen) atoms. The molecular weight excluding hydrogens is 354 g/mol. The summed E-state index contributed by atoms with van der Waals surface area (Å²) in [4.78, 5) is 20.4. The molecule has 4 aromatic rings. The van der Waals surface area contributed by atoms with Gasteiger partial charge in [-0.25, -0.2) is 19.5 Å². The highest BCUT2D eigenvalue weighted by Gasteiger charge is 2.17. The zero-order valence-electron chi connectivity index (χ0n) is 15.5. The van der Waals surface area contributed by atoms with Gasteiger partial charge in [-0.1, -0.05) is 30.3 Å². The molecule has 1 aliphatic rings. The minimum Gasteiger partial charge on any atom is -0.378 e. The predicted octanol–water partition coefficient (Wildman–Crippen LogP) is 2.39. The van der Waals surface area contributed by atoms with Gasteiger partial charge in [-0.05, 0) is 13.0 Å². The Hall–Kier alpha value is -3.39. The van der Waals surface area contributed by atoms with E-state index in [4.69, 9.17) is 9.72 Å². The minimum absolute atomic E-state index is 0.572. The fourth-order valence-corrected chi connectivity index (χ4v) is 3.32. The number of aromatic nitrogens is 6. The van der Waals surface area contributed by atoms with Gasteiger partial charge in [0.25, 0.3) is 5.78 Å². The summed E-state index contributed by atoms with van der Waals surface area (Å²) >= 11 is 0. The third-order valence-electron chi connectivity index (χ3n) is 4.85. The van der Waals surface area contributed by atoms with E-state index in [9.17, 15) is 0 Å². The molecular formula is C20H19N7O. The number of hydrogen-bond acceptors (Lipinski definition) is 7. The summed E-state index contributed by atoms with van der Waals surface area (Å²) in [6.45, 7) is 4.99. The predicted molar refractivity (Wildman–Crippen MR) is 105 cm³/mol. The van der Waals surface area contributed by atoms with Crippen LogP contribution in [0.15, 0.2) is 48.8 Å². The van der Waals surface area contributed by atoms with Gasteiger partial charge in [0.2, 0.25) is 5.95 Å². The maximum absolute atomic E-state index is 5.42. The fraction of sp³-hybridized carbons (Fsp3) is 0.250. The summed E-state index contributed by atoms with van der Waals surface area (Å²) < 4.78 is 7.19. The number of hydrogen-bond donors (Lipinski definition) is 0. The van der Waals surface area contributed by atoms with Gasteiger partial charge in [0, 0.05) is 36.6 Å². The van der Waals surface area contributed by atoms with E-state index in [1.54, 1.807) is 16.9 Å². The van der Waals surface area contributed by atoms with Gasteiger partial charge in [-0.3, -0.25) is 0 Å². The second kappa shape index (κ2) is 6.97. The van der Waals surface area contributed by atoms with Crippen molar-refractivity contribution in [2.45, 2.75) is 6.92 Å². The van der Waals surface area contributed by atoms with Crippen molar-refractivity contribution in [3.63, 3.8) is 0 Å². The Labute approximate surface area is 161 Å². The van der Waals surface area contributed by atoms with E-state index in [2.05, 4.69) is 25.0 Å². The molecule has 1 saturated heterocycles. The SMILES string of the molecule is Cc1c(-c2ccnc(N3CCOCC3)n2)cnc2nc(-c3ccccc3)nn12. The van der Waals surface area contributed by atoms with E-state index in [0.29, 0.717) is 30.8 Å². The molecule has 0 spiro atoms. The normalized spacial score (nSPS) is 14.5. The topological polar surface area (TPSA) is 81.3 Å². The summed E-state index contributed by atoms with van der Waals surface area (Å²) in [5, 5.41) is 4.65. The molecule has 5 rings (SSSR count). The maximum Gasteiger partial charge on any atom is 0.252 e. The van der Waals surface area contributed by atoms with Crippen molar-refractivity contribution in [1.82, 2.24) is 29.5 Å². The van der Waals surface area contributed by atoms with Crippen molar-refractivity contribution >= 4 is 11.7 Å². The van der Waals surface area contributed by atoms with Crippen LogP contribution in [-0.4, -0.2) is 55.9 Å². The molecule has 0 atom stereocenters. The van der Waals surface area contributed by atoms with E-state index in [1.807, 2.05) is 43.3 Å². The third kappa shape index (κ3) is 2.97. The second-order valence-corrected chi connectivity index (χ2v) is 6.61. The van der Waals surface area contributed by atoms with Crippen molar-refractivity contribution in [3.05, 3.63) is 54.5 Å². The van der Waals surface area contributed by atoms with Gasteiger partial charge >= 0.3 is 0 Å². The molecule has 1 fully saturated rings. The molecule has 8 nitrogen and oxygen atoms in total. The molecule has 0 amide bonds. The summed E-state index contributed by atoms with van der Waals surface area (Å²) in [6.07, 6.45) is 3.59. The molecule has 1 aromatic carbocycles. The molecule has 0 saturated carbocycles. The first-order valence-corrected chi connectivity index (χ1v) is 9.23. The summed E-state index contributed by atoms with van der Waals surface area (Å²) in [5.41, 5.74) is 3.63. The number of aryl methyl sites for hydroxylation is 1. The Balaban J connectivity index is 1.55. The molecule has 4 heterocycles. The van der Waals surface area contributed by atoms with Crippen LogP contribution >= 0.6 is 0 Å². The molecule has 0 bridgehead atoms. The van der Waals surface area contributed by atoms with Crippen molar-refractivity contribution in [1.29, 1.82) is 0 Å². The smallest absolute Gasteiger partial charge is 0.252 e. The second-order valence-electron chi connectivity index (χ2n) is 6.61. The van der Waals surface area contributed by atoms with Gasteiger partial charge in [-0.2, -0.15) is 4.98 Å². The van der Waals surface area contributed by atoms with Crippen molar-refractivity contribution in [2.75, 3.05) is 31.2 Å². The lowest BCUT2D eigenvalue weighted by Gasteiger charge is -2.26. The highest BCUT2D eigenvalue weighted by atomic mass is 16.5. The number of nitrogens with zero attached hydrogens (tertiary/aromatic N) is 7. The standard InChI is InChI=1S/C20H19N7O/c1-14-16(17-7-8-21-19(23-17)26-9-11-28-12-10-26)13-22-20-24-18(25-27(14)20)15-5-3-2-4-6-15/h2-8,13H,9-12H2,1H3. The first kappa shape index (κ1) is 16.8. The largest absolute Gasteiger partial charge is 0.378 e. The van der Waals surface area contributed by atoms with Crippen LogP contribution in [-0.2, 0) is 4.74 Å². The number of rotatable bonds is 3. The molecule has 140 valence electrons. The molecule has 8 heteroatoms. The van der Waals surface area contributed by atoms with Gasteiger partial charge in [-0.15, -0.1) is 5.10 Å². The molecule has 0 radical (unpaired) electrons. The number of anilines is 1. The van der Waals surface area contributed by atoms with Gasteiger partial charge in [0.1, 0.15) is 0 Å². The lowest BCUT2D eigenvalue weighted by Crippen LogP contribution is -2.37. The summed E-state index contributed by atoms with van der Waals surface area (Å²) in [5.74, 6) is 1.94. The van der Waals surface area contributed by atoms with E-state index in [-0.39, 0.29) is 0 Å². The number of morpholine rings is 1. The van der Waals surface area contributed by atoms with E-state index < -0.39 is 0 Å². The molecule has 1 aliphatic heterocycles. The Morgan fingerprint density at radius 3 is 2.61 bits per heavy atom. The number of fused-ring (bicyclic) bond motifs is 1. The Morgan fingerprint density at radius 1 is 0.964 bits per heavy atom. The highest BCUT2D eigenvalue weighted by molar-refractivity contribution is 5.64. The molecule has 0 aliphatic carbocycles. The average Bonchev–Trinajstić information content (AvgIpc) is 3.21. The Bertz CT molecular complexity index is 1120. The van der Waals surface area contributed by atoms with Crippen LogP contribution in [0.1, 0.15) is 5.69 Å². The molecule has 0 unspecified atom stereocenters. The fourth-order valence-electron chi connectivity index (χ4n) is 3.32. The van der Waals surface area contributed by atoms with E-state index in [0.717, 1.165) is 35.6 Å². The van der Waals surface area contributed by atoms with Gasteiger partial charge < -0.3 is 9.64 Å². The Morgan fingerprint density at radius 2 is 1.79 bits per heavy atom. The summed E-state index contributed by atoms with van der Waals surface area (Å²) in [6, 6.07) is 11.8. The highest BCUT2D eigenvalue weighted by Crippen LogP contribution is 2.24. The first-order valence-electron chi connectivity index (χ1n) is 9.23. The molecule has 0 N–H and O–H groups in total. The van der Waals surface area contributed by atoms with Crippen LogP contribution in [0, 0.1) is 6.92 Å². The number of benzene rings is 1. The maximum atomic E-state index is 5.42. The average molecular weight is 373 g/mol. The minimum atomic E-state index is 0.572. The van der Waals surface area contributed by atoms with Crippen LogP contribution in [0.5, 0.6) is 0 Å². The lowest BCUT2D eigenvalue weighted by atomic mass is 10.2.